The van der Waals surface area contributed by atoms with Crippen LogP contribution in [0.1, 0.15) is 30.5 Å². The second-order valence-electron chi connectivity index (χ2n) is 8.92. The van der Waals surface area contributed by atoms with E-state index in [4.69, 9.17) is 9.47 Å². The molecule has 0 saturated carbocycles. The van der Waals surface area contributed by atoms with Crippen LogP contribution in [-0.2, 0) is 17.6 Å². The van der Waals surface area contributed by atoms with Crippen molar-refractivity contribution in [1.82, 2.24) is 4.98 Å². The van der Waals surface area contributed by atoms with Gasteiger partial charge in [0, 0.05) is 28.8 Å². The Hall–Kier alpha value is -4.07. The number of fused-ring (bicyclic) bond motifs is 1. The van der Waals surface area contributed by atoms with E-state index >= 15 is 0 Å². The summed E-state index contributed by atoms with van der Waals surface area (Å²) in [6.45, 7) is 5.00. The maximum absolute atomic E-state index is 12.8. The van der Waals surface area contributed by atoms with E-state index in [1.165, 1.54) is 26.0 Å². The van der Waals surface area contributed by atoms with Crippen molar-refractivity contribution in [3.8, 4) is 22.8 Å². The fraction of sp³-hybridized carbons (Fsp3) is 0.214. The average Bonchev–Trinajstić information content (AvgIpc) is 2.82. The molecular weight excluding hydrogens is 471 g/mol. The Morgan fingerprint density at radius 2 is 1.69 bits per heavy atom. The maximum Gasteiger partial charge on any atom is 0.416 e. The number of carbonyl (C=O) groups is 1. The molecule has 0 aliphatic heterocycles. The summed E-state index contributed by atoms with van der Waals surface area (Å²) in [5, 5.41) is 11.1. The van der Waals surface area contributed by atoms with Gasteiger partial charge in [-0.1, -0.05) is 36.4 Å². The number of benzene rings is 3. The molecule has 36 heavy (non-hydrogen) atoms. The number of nitrogens with zero attached hydrogens (tertiary/aromatic N) is 1. The minimum Gasteiger partial charge on any atom is -0.488 e. The van der Waals surface area contributed by atoms with E-state index < -0.39 is 23.3 Å². The van der Waals surface area contributed by atoms with Gasteiger partial charge in [-0.25, -0.2) is 4.79 Å². The number of pyridine rings is 1. The number of aromatic nitrogens is 1. The molecule has 1 heterocycles. The number of aliphatic carboxylic acids is 1. The van der Waals surface area contributed by atoms with Gasteiger partial charge in [0.2, 0.25) is 0 Å². The van der Waals surface area contributed by atoms with Crippen molar-refractivity contribution >= 4 is 16.7 Å². The van der Waals surface area contributed by atoms with Gasteiger partial charge in [0.1, 0.15) is 18.1 Å². The number of hydrogen-bond acceptors (Lipinski definition) is 4. The van der Waals surface area contributed by atoms with Crippen LogP contribution in [0.3, 0.4) is 0 Å². The maximum atomic E-state index is 12.8. The van der Waals surface area contributed by atoms with E-state index in [1.807, 2.05) is 31.2 Å². The molecule has 0 fully saturated rings. The van der Waals surface area contributed by atoms with E-state index in [0.29, 0.717) is 22.8 Å². The Morgan fingerprint density at radius 3 is 2.33 bits per heavy atom. The molecule has 0 amide bonds. The van der Waals surface area contributed by atoms with Crippen molar-refractivity contribution in [2.45, 2.75) is 39.2 Å². The molecule has 3 aromatic carbocycles. The molecule has 4 rings (SSSR count). The predicted molar refractivity (Wildman–Crippen MR) is 130 cm³/mol. The molecule has 0 atom stereocenters. The van der Waals surface area contributed by atoms with Gasteiger partial charge in [-0.2, -0.15) is 13.2 Å². The fourth-order valence-electron chi connectivity index (χ4n) is 3.64. The van der Waals surface area contributed by atoms with Crippen molar-refractivity contribution < 1.29 is 32.5 Å². The van der Waals surface area contributed by atoms with E-state index in [2.05, 4.69) is 4.98 Å². The summed E-state index contributed by atoms with van der Waals surface area (Å²) >= 11 is 0. The largest absolute Gasteiger partial charge is 0.488 e. The van der Waals surface area contributed by atoms with Crippen LogP contribution in [-0.4, -0.2) is 21.7 Å². The lowest BCUT2D eigenvalue weighted by molar-refractivity contribution is -0.152. The first-order valence-electron chi connectivity index (χ1n) is 11.2. The topological polar surface area (TPSA) is 68.7 Å². The zero-order valence-corrected chi connectivity index (χ0v) is 19.9. The van der Waals surface area contributed by atoms with Crippen LogP contribution in [0, 0.1) is 6.92 Å². The van der Waals surface area contributed by atoms with Gasteiger partial charge >= 0.3 is 12.1 Å². The number of rotatable bonds is 7. The summed E-state index contributed by atoms with van der Waals surface area (Å²) in [5.41, 5.74) is 0.667. The number of aryl methyl sites for hydroxylation is 1. The van der Waals surface area contributed by atoms with Gasteiger partial charge < -0.3 is 14.6 Å². The predicted octanol–water partition coefficient (Wildman–Crippen LogP) is 7.05. The molecule has 0 aliphatic carbocycles. The standard InChI is InChI=1S/C28H24F3NO4/c1-17-12-24(18-8-10-21(11-9-18)28(29,30)31)32-15-20(17)16-35-25-14-22(36-27(2,3)26(33)34)13-19-6-4-5-7-23(19)25/h4-15H,16H2,1-3H3,(H,33,34). The van der Waals surface area contributed by atoms with Gasteiger partial charge in [0.05, 0.1) is 11.3 Å². The number of hydrogen-bond donors (Lipinski definition) is 1. The monoisotopic (exact) mass is 495 g/mol. The number of carboxylic acids is 1. The number of ether oxygens (including phenoxy) is 2. The summed E-state index contributed by atoms with van der Waals surface area (Å²) in [5.74, 6) is -0.202. The number of halogens is 3. The first kappa shape index (κ1) is 25.0. The SMILES string of the molecule is Cc1cc(-c2ccc(C(F)(F)F)cc2)ncc1COc1cc(OC(C)(C)C(=O)O)cc2ccccc12. The minimum atomic E-state index is -4.39. The molecule has 4 aromatic rings. The third-order valence-corrected chi connectivity index (χ3v) is 5.80. The van der Waals surface area contributed by atoms with Crippen molar-refractivity contribution in [3.63, 3.8) is 0 Å². The van der Waals surface area contributed by atoms with Crippen LogP contribution >= 0.6 is 0 Å². The lowest BCUT2D eigenvalue weighted by Gasteiger charge is -2.22. The van der Waals surface area contributed by atoms with Crippen molar-refractivity contribution in [2.24, 2.45) is 0 Å². The molecule has 186 valence electrons. The molecule has 8 heteroatoms. The molecule has 0 unspecified atom stereocenters. The van der Waals surface area contributed by atoms with Gasteiger partial charge in [0.25, 0.3) is 0 Å². The summed E-state index contributed by atoms with van der Waals surface area (Å²) in [6.07, 6.45) is -2.75. The highest BCUT2D eigenvalue weighted by atomic mass is 19.4. The second kappa shape index (κ2) is 9.53. The zero-order valence-electron chi connectivity index (χ0n) is 19.9. The summed E-state index contributed by atoms with van der Waals surface area (Å²) < 4.78 is 50.3. The molecule has 0 aliphatic rings. The van der Waals surface area contributed by atoms with Gasteiger partial charge in [0.15, 0.2) is 5.60 Å². The smallest absolute Gasteiger partial charge is 0.416 e. The lowest BCUT2D eigenvalue weighted by atomic mass is 10.0. The molecule has 0 saturated heterocycles. The van der Waals surface area contributed by atoms with Crippen molar-refractivity contribution in [1.29, 1.82) is 0 Å². The van der Waals surface area contributed by atoms with Crippen LogP contribution in [0.5, 0.6) is 11.5 Å². The first-order valence-corrected chi connectivity index (χ1v) is 11.2. The highest BCUT2D eigenvalue weighted by Crippen LogP contribution is 2.34. The van der Waals surface area contributed by atoms with E-state index in [9.17, 15) is 23.1 Å². The summed E-state index contributed by atoms with van der Waals surface area (Å²) in [6, 6.07) is 17.6. The van der Waals surface area contributed by atoms with E-state index in [1.54, 1.807) is 24.4 Å². The normalized spacial score (nSPS) is 11.9. The molecule has 1 aromatic heterocycles. The van der Waals surface area contributed by atoms with Crippen LogP contribution in [0.15, 0.2) is 72.9 Å². The molecular formula is C28H24F3NO4. The second-order valence-corrected chi connectivity index (χ2v) is 8.92. The Morgan fingerprint density at radius 1 is 1.00 bits per heavy atom. The molecule has 0 radical (unpaired) electrons. The molecule has 1 N–H and O–H groups in total. The van der Waals surface area contributed by atoms with Crippen molar-refractivity contribution in [2.75, 3.05) is 0 Å². The van der Waals surface area contributed by atoms with E-state index in [0.717, 1.165) is 34.0 Å². The third-order valence-electron chi connectivity index (χ3n) is 5.80. The molecule has 0 spiro atoms. The van der Waals surface area contributed by atoms with Crippen LogP contribution < -0.4 is 9.47 Å². The number of carboxylic acid groups (broad SMARTS) is 1. The Balaban J connectivity index is 1.57. The molecule has 5 nitrogen and oxygen atoms in total. The highest BCUT2D eigenvalue weighted by molar-refractivity contribution is 5.90. The zero-order chi connectivity index (χ0) is 26.1. The Bertz CT molecular complexity index is 1410. The van der Waals surface area contributed by atoms with Crippen LogP contribution in [0.2, 0.25) is 0 Å². The van der Waals surface area contributed by atoms with Gasteiger partial charge in [-0.05, 0) is 56.0 Å². The Labute approximate surface area is 206 Å². The highest BCUT2D eigenvalue weighted by Gasteiger charge is 2.30. The Kier molecular flexibility index (Phi) is 6.63. The first-order chi connectivity index (χ1) is 16.9. The fourth-order valence-corrected chi connectivity index (χ4v) is 3.64. The van der Waals surface area contributed by atoms with E-state index in [-0.39, 0.29) is 6.61 Å². The molecule has 0 bridgehead atoms. The van der Waals surface area contributed by atoms with Gasteiger partial charge in [-0.3, -0.25) is 4.98 Å². The lowest BCUT2D eigenvalue weighted by Crippen LogP contribution is -2.37. The van der Waals surface area contributed by atoms with Gasteiger partial charge in [-0.15, -0.1) is 0 Å². The minimum absolute atomic E-state index is 0.182. The number of alkyl halides is 3. The quantitative estimate of drug-likeness (QED) is 0.298. The summed E-state index contributed by atoms with van der Waals surface area (Å²) in [7, 11) is 0. The average molecular weight is 495 g/mol. The van der Waals surface area contributed by atoms with Crippen LogP contribution in [0.4, 0.5) is 13.2 Å². The van der Waals surface area contributed by atoms with Crippen LogP contribution in [0.25, 0.3) is 22.0 Å². The third kappa shape index (κ3) is 5.43. The summed E-state index contributed by atoms with van der Waals surface area (Å²) in [4.78, 5) is 15.9. The van der Waals surface area contributed by atoms with Crippen molar-refractivity contribution in [3.05, 3.63) is 89.6 Å².